The molecule has 6 nitrogen and oxygen atoms in total. The van der Waals surface area contributed by atoms with Crippen molar-refractivity contribution in [2.45, 2.75) is 17.9 Å². The number of carbonyl (C=O) groups excluding carboxylic acids is 1. The van der Waals surface area contributed by atoms with Gasteiger partial charge in [0, 0.05) is 0 Å². The van der Waals surface area contributed by atoms with Crippen molar-refractivity contribution in [1.82, 2.24) is 15.3 Å². The second-order valence-electron chi connectivity index (χ2n) is 5.04. The molecule has 10 heteroatoms. The first-order valence-corrected chi connectivity index (χ1v) is 8.32. The van der Waals surface area contributed by atoms with E-state index in [2.05, 4.69) is 15.3 Å². The molecule has 0 radical (unpaired) electrons. The van der Waals surface area contributed by atoms with E-state index in [1.807, 2.05) is 0 Å². The molecule has 1 amide bonds. The second-order valence-corrected chi connectivity index (χ2v) is 5.98. The van der Waals surface area contributed by atoms with Gasteiger partial charge < -0.3 is 14.2 Å². The highest BCUT2D eigenvalue weighted by atomic mass is 32.2. The molecule has 3 heterocycles. The summed E-state index contributed by atoms with van der Waals surface area (Å²) in [6.45, 7) is 0.188. The van der Waals surface area contributed by atoms with Crippen LogP contribution in [0.4, 0.5) is 13.2 Å². The first-order valence-electron chi connectivity index (χ1n) is 7.34. The van der Waals surface area contributed by atoms with Gasteiger partial charge >= 0.3 is 6.18 Å². The molecule has 0 unspecified atom stereocenters. The van der Waals surface area contributed by atoms with Crippen molar-refractivity contribution in [3.05, 3.63) is 54.3 Å². The molecule has 3 aromatic heterocycles. The SMILES string of the molecule is O=C(CSc1nc(-c2ccco2)cc(C(F)(F)F)n1)NCc1ccco1. The van der Waals surface area contributed by atoms with Gasteiger partial charge in [-0.3, -0.25) is 4.79 Å². The molecule has 0 aliphatic heterocycles. The van der Waals surface area contributed by atoms with E-state index in [-0.39, 0.29) is 34.8 Å². The Morgan fingerprint density at radius 2 is 1.92 bits per heavy atom. The molecule has 0 atom stereocenters. The van der Waals surface area contributed by atoms with E-state index in [9.17, 15) is 18.0 Å². The summed E-state index contributed by atoms with van der Waals surface area (Å²) in [5, 5.41) is 2.43. The van der Waals surface area contributed by atoms with Crippen LogP contribution in [0.5, 0.6) is 0 Å². The number of nitrogens with one attached hydrogen (secondary N) is 1. The van der Waals surface area contributed by atoms with Gasteiger partial charge in [-0.05, 0) is 30.3 Å². The number of carbonyl (C=O) groups is 1. The largest absolute Gasteiger partial charge is 0.467 e. The molecular weight excluding hydrogens is 371 g/mol. The third-order valence-corrected chi connectivity index (χ3v) is 3.99. The molecule has 0 bridgehead atoms. The van der Waals surface area contributed by atoms with Gasteiger partial charge in [0.05, 0.1) is 24.8 Å². The predicted octanol–water partition coefficient (Wildman–Crippen LogP) is 3.76. The van der Waals surface area contributed by atoms with Gasteiger partial charge in [0.25, 0.3) is 0 Å². The third kappa shape index (κ3) is 4.66. The maximum Gasteiger partial charge on any atom is 0.433 e. The van der Waals surface area contributed by atoms with Crippen LogP contribution in [0.15, 0.2) is 56.8 Å². The zero-order chi connectivity index (χ0) is 18.6. The summed E-state index contributed by atoms with van der Waals surface area (Å²) in [6.07, 6.45) is -1.83. The van der Waals surface area contributed by atoms with Gasteiger partial charge in [0.1, 0.15) is 17.1 Å². The summed E-state index contributed by atoms with van der Waals surface area (Å²) in [4.78, 5) is 19.4. The van der Waals surface area contributed by atoms with Crippen molar-refractivity contribution < 1.29 is 26.8 Å². The summed E-state index contributed by atoms with van der Waals surface area (Å²) in [7, 11) is 0. The van der Waals surface area contributed by atoms with E-state index in [0.717, 1.165) is 17.8 Å². The van der Waals surface area contributed by atoms with Crippen LogP contribution in [-0.4, -0.2) is 21.6 Å². The molecule has 3 rings (SSSR count). The highest BCUT2D eigenvalue weighted by molar-refractivity contribution is 7.99. The van der Waals surface area contributed by atoms with E-state index in [1.54, 1.807) is 18.2 Å². The van der Waals surface area contributed by atoms with Gasteiger partial charge in [0.2, 0.25) is 5.91 Å². The van der Waals surface area contributed by atoms with Gasteiger partial charge in [-0.2, -0.15) is 13.2 Å². The van der Waals surface area contributed by atoms with Crippen LogP contribution in [0.1, 0.15) is 11.5 Å². The van der Waals surface area contributed by atoms with E-state index in [1.165, 1.54) is 18.6 Å². The van der Waals surface area contributed by atoms with Crippen LogP contribution in [0.3, 0.4) is 0 Å². The Labute approximate surface area is 149 Å². The average molecular weight is 383 g/mol. The molecule has 26 heavy (non-hydrogen) atoms. The topological polar surface area (TPSA) is 81.2 Å². The minimum Gasteiger partial charge on any atom is -0.467 e. The molecule has 0 saturated heterocycles. The van der Waals surface area contributed by atoms with E-state index in [0.29, 0.717) is 5.76 Å². The van der Waals surface area contributed by atoms with Crippen LogP contribution in [0.2, 0.25) is 0 Å². The first-order chi connectivity index (χ1) is 12.4. The van der Waals surface area contributed by atoms with Crippen molar-refractivity contribution in [2.24, 2.45) is 0 Å². The number of aromatic nitrogens is 2. The number of hydrogen-bond acceptors (Lipinski definition) is 6. The lowest BCUT2D eigenvalue weighted by atomic mass is 10.2. The van der Waals surface area contributed by atoms with Crippen molar-refractivity contribution in [3.8, 4) is 11.5 Å². The molecule has 3 aromatic rings. The molecule has 0 spiro atoms. The number of nitrogens with zero attached hydrogens (tertiary/aromatic N) is 2. The highest BCUT2D eigenvalue weighted by Crippen LogP contribution is 2.32. The maximum atomic E-state index is 13.0. The fourth-order valence-corrected chi connectivity index (χ4v) is 2.65. The zero-order valence-electron chi connectivity index (χ0n) is 13.1. The van der Waals surface area contributed by atoms with Crippen LogP contribution in [0, 0.1) is 0 Å². The average Bonchev–Trinajstić information content (AvgIpc) is 3.30. The number of amides is 1. The summed E-state index contributed by atoms with van der Waals surface area (Å²) in [6, 6.07) is 7.22. The highest BCUT2D eigenvalue weighted by Gasteiger charge is 2.34. The lowest BCUT2D eigenvalue weighted by Crippen LogP contribution is -2.24. The minimum atomic E-state index is -4.64. The van der Waals surface area contributed by atoms with Crippen molar-refractivity contribution in [2.75, 3.05) is 5.75 Å². The Kier molecular flexibility index (Phi) is 5.31. The fourth-order valence-electron chi connectivity index (χ4n) is 1.97. The van der Waals surface area contributed by atoms with Crippen LogP contribution in [0.25, 0.3) is 11.5 Å². The van der Waals surface area contributed by atoms with Crippen molar-refractivity contribution >= 4 is 17.7 Å². The normalized spacial score (nSPS) is 11.5. The Bertz CT molecular complexity index is 865. The summed E-state index contributed by atoms with van der Waals surface area (Å²) in [5.74, 6) is 0.229. The van der Waals surface area contributed by atoms with E-state index >= 15 is 0 Å². The monoisotopic (exact) mass is 383 g/mol. The quantitative estimate of drug-likeness (QED) is 0.516. The lowest BCUT2D eigenvalue weighted by Gasteiger charge is -2.09. The molecule has 0 aliphatic rings. The van der Waals surface area contributed by atoms with Crippen LogP contribution in [-0.2, 0) is 17.5 Å². The maximum absolute atomic E-state index is 13.0. The van der Waals surface area contributed by atoms with Crippen LogP contribution >= 0.6 is 11.8 Å². The van der Waals surface area contributed by atoms with Crippen LogP contribution < -0.4 is 5.32 Å². The number of alkyl halides is 3. The first kappa shape index (κ1) is 18.1. The molecule has 0 fully saturated rings. The Morgan fingerprint density at radius 3 is 2.58 bits per heavy atom. The van der Waals surface area contributed by atoms with E-state index < -0.39 is 11.9 Å². The Balaban J connectivity index is 1.70. The van der Waals surface area contributed by atoms with Crippen molar-refractivity contribution in [3.63, 3.8) is 0 Å². The number of furan rings is 2. The second kappa shape index (κ2) is 7.65. The molecule has 1 N–H and O–H groups in total. The number of thioether (sulfide) groups is 1. The van der Waals surface area contributed by atoms with Crippen molar-refractivity contribution in [1.29, 1.82) is 0 Å². The minimum absolute atomic E-state index is 0.00387. The Morgan fingerprint density at radius 1 is 1.15 bits per heavy atom. The standard InChI is InChI=1S/C16H12F3N3O3S/c17-16(18,19)13-7-11(12-4-2-6-25-12)21-15(22-13)26-9-14(23)20-8-10-3-1-5-24-10/h1-7H,8-9H2,(H,20,23). The summed E-state index contributed by atoms with van der Waals surface area (Å²) < 4.78 is 49.3. The van der Waals surface area contributed by atoms with Gasteiger partial charge in [-0.1, -0.05) is 11.8 Å². The number of rotatable bonds is 6. The third-order valence-electron chi connectivity index (χ3n) is 3.14. The predicted molar refractivity (Wildman–Crippen MR) is 86.0 cm³/mol. The van der Waals surface area contributed by atoms with Gasteiger partial charge in [0.15, 0.2) is 10.9 Å². The Hall–Kier alpha value is -2.75. The molecule has 0 aliphatic carbocycles. The zero-order valence-corrected chi connectivity index (χ0v) is 13.9. The summed E-state index contributed by atoms with van der Waals surface area (Å²) >= 11 is 0.801. The van der Waals surface area contributed by atoms with Gasteiger partial charge in [-0.25, -0.2) is 9.97 Å². The number of halogens is 3. The van der Waals surface area contributed by atoms with Gasteiger partial charge in [-0.15, -0.1) is 0 Å². The van der Waals surface area contributed by atoms with E-state index in [4.69, 9.17) is 8.83 Å². The lowest BCUT2D eigenvalue weighted by molar-refractivity contribution is -0.141. The molecule has 0 aromatic carbocycles. The smallest absolute Gasteiger partial charge is 0.433 e. The fraction of sp³-hybridized carbons (Fsp3) is 0.188. The molecular formula is C16H12F3N3O3S. The molecule has 136 valence electrons. The number of hydrogen-bond donors (Lipinski definition) is 1. The summed E-state index contributed by atoms with van der Waals surface area (Å²) in [5.41, 5.74) is -1.10. The molecule has 0 saturated carbocycles.